The summed E-state index contributed by atoms with van der Waals surface area (Å²) in [6, 6.07) is 17.3. The molecule has 0 radical (unpaired) electrons. The topological polar surface area (TPSA) is 29.1 Å². The minimum Gasteiger partial charge on any atom is -0.335 e. The van der Waals surface area contributed by atoms with Gasteiger partial charge in [0, 0.05) is 5.56 Å². The summed E-state index contributed by atoms with van der Waals surface area (Å²) in [5.74, 6) is 5.96. The molecular weight excluding hydrogens is 258 g/mol. The SMILES string of the molecule is C=CC(=O)NC(C#Cc1ccccc1)c1ccc(C)cc1. The van der Waals surface area contributed by atoms with Gasteiger partial charge in [-0.15, -0.1) is 0 Å². The van der Waals surface area contributed by atoms with Crippen molar-refractivity contribution in [3.05, 3.63) is 83.9 Å². The molecule has 2 aromatic rings. The van der Waals surface area contributed by atoms with Crippen molar-refractivity contribution < 1.29 is 4.79 Å². The number of amides is 1. The third kappa shape index (κ3) is 4.36. The van der Waals surface area contributed by atoms with Crippen LogP contribution in [0.3, 0.4) is 0 Å². The fourth-order valence-corrected chi connectivity index (χ4v) is 1.84. The molecule has 2 rings (SSSR count). The zero-order valence-electron chi connectivity index (χ0n) is 12.0. The van der Waals surface area contributed by atoms with Gasteiger partial charge in [-0.3, -0.25) is 4.79 Å². The number of hydrogen-bond donors (Lipinski definition) is 1. The monoisotopic (exact) mass is 275 g/mol. The van der Waals surface area contributed by atoms with E-state index >= 15 is 0 Å². The number of hydrogen-bond acceptors (Lipinski definition) is 1. The predicted molar refractivity (Wildman–Crippen MR) is 85.6 cm³/mol. The molecule has 0 aliphatic rings. The predicted octanol–water partition coefficient (Wildman–Crippen LogP) is 3.39. The molecule has 1 amide bonds. The van der Waals surface area contributed by atoms with Crippen LogP contribution in [0.5, 0.6) is 0 Å². The van der Waals surface area contributed by atoms with Crippen LogP contribution in [0.4, 0.5) is 0 Å². The van der Waals surface area contributed by atoms with Crippen molar-refractivity contribution in [2.45, 2.75) is 13.0 Å². The summed E-state index contributed by atoms with van der Waals surface area (Å²) in [4.78, 5) is 11.6. The molecule has 0 saturated carbocycles. The van der Waals surface area contributed by atoms with E-state index in [1.165, 1.54) is 11.6 Å². The highest BCUT2D eigenvalue weighted by Crippen LogP contribution is 2.13. The first kappa shape index (κ1) is 14.6. The molecule has 1 atom stereocenters. The molecule has 0 heterocycles. The minimum atomic E-state index is -0.351. The first-order chi connectivity index (χ1) is 10.2. The first-order valence-electron chi connectivity index (χ1n) is 6.75. The van der Waals surface area contributed by atoms with E-state index in [4.69, 9.17) is 0 Å². The van der Waals surface area contributed by atoms with E-state index in [9.17, 15) is 4.79 Å². The lowest BCUT2D eigenvalue weighted by Crippen LogP contribution is -2.25. The number of carbonyl (C=O) groups excluding carboxylic acids is 1. The number of nitrogens with one attached hydrogen (secondary N) is 1. The van der Waals surface area contributed by atoms with Gasteiger partial charge >= 0.3 is 0 Å². The van der Waals surface area contributed by atoms with Crippen molar-refractivity contribution >= 4 is 5.91 Å². The van der Waals surface area contributed by atoms with Crippen LogP contribution in [0.1, 0.15) is 22.7 Å². The fourth-order valence-electron chi connectivity index (χ4n) is 1.84. The Morgan fingerprint density at radius 2 is 1.81 bits per heavy atom. The van der Waals surface area contributed by atoms with Crippen LogP contribution in [-0.4, -0.2) is 5.91 Å². The molecule has 0 spiro atoms. The van der Waals surface area contributed by atoms with E-state index in [-0.39, 0.29) is 11.9 Å². The highest BCUT2D eigenvalue weighted by Gasteiger charge is 2.09. The van der Waals surface area contributed by atoms with Crippen molar-refractivity contribution in [2.75, 3.05) is 0 Å². The molecule has 21 heavy (non-hydrogen) atoms. The van der Waals surface area contributed by atoms with Crippen molar-refractivity contribution in [3.63, 3.8) is 0 Å². The average Bonchev–Trinajstić information content (AvgIpc) is 2.53. The van der Waals surface area contributed by atoms with E-state index in [0.717, 1.165) is 11.1 Å². The lowest BCUT2D eigenvalue weighted by Gasteiger charge is -2.12. The van der Waals surface area contributed by atoms with E-state index in [1.807, 2.05) is 61.5 Å². The van der Waals surface area contributed by atoms with Crippen LogP contribution >= 0.6 is 0 Å². The van der Waals surface area contributed by atoms with Gasteiger partial charge in [-0.25, -0.2) is 0 Å². The van der Waals surface area contributed by atoms with Gasteiger partial charge in [0.25, 0.3) is 0 Å². The van der Waals surface area contributed by atoms with Crippen LogP contribution in [0.25, 0.3) is 0 Å². The first-order valence-corrected chi connectivity index (χ1v) is 6.75. The molecule has 0 aliphatic carbocycles. The van der Waals surface area contributed by atoms with E-state index in [0.29, 0.717) is 0 Å². The van der Waals surface area contributed by atoms with Crippen LogP contribution in [0, 0.1) is 18.8 Å². The Morgan fingerprint density at radius 1 is 1.14 bits per heavy atom. The summed E-state index contributed by atoms with van der Waals surface area (Å²) in [7, 11) is 0. The van der Waals surface area contributed by atoms with Gasteiger partial charge in [0.05, 0.1) is 0 Å². The number of carbonyl (C=O) groups is 1. The molecular formula is C19H17NO. The van der Waals surface area contributed by atoms with Crippen molar-refractivity contribution in [1.82, 2.24) is 5.32 Å². The van der Waals surface area contributed by atoms with Gasteiger partial charge in [-0.1, -0.05) is 66.4 Å². The van der Waals surface area contributed by atoms with E-state index in [2.05, 4.69) is 23.7 Å². The molecule has 0 aromatic heterocycles. The highest BCUT2D eigenvalue weighted by atomic mass is 16.1. The molecule has 2 heteroatoms. The smallest absolute Gasteiger partial charge is 0.244 e. The van der Waals surface area contributed by atoms with E-state index in [1.54, 1.807) is 0 Å². The second kappa shape index (κ2) is 7.12. The second-order valence-electron chi connectivity index (χ2n) is 4.69. The molecule has 0 fully saturated rings. The van der Waals surface area contributed by atoms with Gasteiger partial charge in [0.1, 0.15) is 6.04 Å². The molecule has 104 valence electrons. The van der Waals surface area contributed by atoms with Crippen LogP contribution in [0.2, 0.25) is 0 Å². The maximum absolute atomic E-state index is 11.6. The van der Waals surface area contributed by atoms with Crippen molar-refractivity contribution in [2.24, 2.45) is 0 Å². The summed E-state index contributed by atoms with van der Waals surface area (Å²) >= 11 is 0. The minimum absolute atomic E-state index is 0.233. The van der Waals surface area contributed by atoms with Crippen LogP contribution in [0.15, 0.2) is 67.3 Å². The third-order valence-corrected chi connectivity index (χ3v) is 3.02. The number of rotatable bonds is 3. The molecule has 1 unspecified atom stereocenters. The van der Waals surface area contributed by atoms with Crippen molar-refractivity contribution in [3.8, 4) is 11.8 Å². The Labute approximate surface area is 125 Å². The maximum atomic E-state index is 11.6. The summed E-state index contributed by atoms with van der Waals surface area (Å²) in [6.07, 6.45) is 1.26. The largest absolute Gasteiger partial charge is 0.335 e. The molecule has 1 N–H and O–H groups in total. The number of aryl methyl sites for hydroxylation is 1. The maximum Gasteiger partial charge on any atom is 0.244 e. The molecule has 0 saturated heterocycles. The summed E-state index contributed by atoms with van der Waals surface area (Å²) in [5, 5.41) is 2.84. The standard InChI is InChI=1S/C19H17NO/c1-3-19(21)20-18(17-12-9-15(2)10-13-17)14-11-16-7-5-4-6-8-16/h3-10,12-13,18H,1H2,2H3,(H,20,21). The summed E-state index contributed by atoms with van der Waals surface area (Å²) in [6.45, 7) is 5.50. The second-order valence-corrected chi connectivity index (χ2v) is 4.69. The molecule has 2 aromatic carbocycles. The van der Waals surface area contributed by atoms with Gasteiger partial charge in [-0.05, 0) is 30.7 Å². The Balaban J connectivity index is 2.28. The average molecular weight is 275 g/mol. The summed E-state index contributed by atoms with van der Waals surface area (Å²) in [5.41, 5.74) is 3.05. The Morgan fingerprint density at radius 3 is 2.43 bits per heavy atom. The lowest BCUT2D eigenvalue weighted by atomic mass is 10.0. The highest BCUT2D eigenvalue weighted by molar-refractivity contribution is 5.87. The lowest BCUT2D eigenvalue weighted by molar-refractivity contribution is -0.116. The Bertz CT molecular complexity index is 675. The van der Waals surface area contributed by atoms with E-state index < -0.39 is 0 Å². The summed E-state index contributed by atoms with van der Waals surface area (Å²) < 4.78 is 0. The Hall–Kier alpha value is -2.79. The van der Waals surface area contributed by atoms with Gasteiger partial charge in [0.2, 0.25) is 5.91 Å². The fraction of sp³-hybridized carbons (Fsp3) is 0.105. The van der Waals surface area contributed by atoms with Gasteiger partial charge in [0.15, 0.2) is 0 Å². The number of benzene rings is 2. The quantitative estimate of drug-likeness (QED) is 0.675. The third-order valence-electron chi connectivity index (χ3n) is 3.02. The molecule has 2 nitrogen and oxygen atoms in total. The molecule has 0 aliphatic heterocycles. The van der Waals surface area contributed by atoms with Crippen LogP contribution < -0.4 is 5.32 Å². The normalized spacial score (nSPS) is 10.9. The van der Waals surface area contributed by atoms with Crippen LogP contribution in [-0.2, 0) is 4.79 Å². The van der Waals surface area contributed by atoms with Gasteiger partial charge < -0.3 is 5.32 Å². The molecule has 0 bridgehead atoms. The van der Waals surface area contributed by atoms with Gasteiger partial charge in [-0.2, -0.15) is 0 Å². The zero-order valence-corrected chi connectivity index (χ0v) is 12.0. The zero-order chi connectivity index (χ0) is 15.1. The Kier molecular flexibility index (Phi) is 4.95. The van der Waals surface area contributed by atoms with Crippen molar-refractivity contribution in [1.29, 1.82) is 0 Å².